The average Bonchev–Trinajstić information content (AvgIpc) is 4.05. The van der Waals surface area contributed by atoms with Gasteiger partial charge in [0, 0.05) is 57.8 Å². The molecule has 56 heavy (non-hydrogen) atoms. The lowest BCUT2D eigenvalue weighted by Crippen LogP contribution is -2.23. The van der Waals surface area contributed by atoms with E-state index in [0.717, 1.165) is 57.4 Å². The van der Waals surface area contributed by atoms with Crippen molar-refractivity contribution in [1.29, 1.82) is 10.5 Å². The Hall–Kier alpha value is -5.89. The quantitative estimate of drug-likeness (QED) is 0.119. The molecule has 0 radical (unpaired) electrons. The number of ether oxygens (including phenoxy) is 1. The van der Waals surface area contributed by atoms with Crippen LogP contribution in [0.1, 0.15) is 110 Å². The first-order valence-electron chi connectivity index (χ1n) is 19.8. The molecule has 14 nitrogen and oxygen atoms in total. The minimum absolute atomic E-state index is 0.0859. The van der Waals surface area contributed by atoms with Crippen molar-refractivity contribution in [3.8, 4) is 34.4 Å². The maximum absolute atomic E-state index is 12.1. The van der Waals surface area contributed by atoms with Crippen LogP contribution in [0.15, 0.2) is 61.7 Å². The molecule has 2 atom stereocenters. The van der Waals surface area contributed by atoms with E-state index in [2.05, 4.69) is 47.7 Å². The zero-order chi connectivity index (χ0) is 39.1. The summed E-state index contributed by atoms with van der Waals surface area (Å²) in [6.45, 7) is 5.56. The second-order valence-electron chi connectivity index (χ2n) is 16.3. The minimum atomic E-state index is -0.563. The molecule has 6 heterocycles. The van der Waals surface area contributed by atoms with E-state index in [-0.39, 0.29) is 24.8 Å². The molecule has 2 aliphatic carbocycles. The number of aromatic amines is 1. The molecule has 0 saturated heterocycles. The SMILES string of the molecule is CC(C)(C)C(=O)OCn1ccc2c(-c3cnn([C@H](CC#N)CC4CCCC4)c3)cnnc21.N#CC[C@H](CC1CCCC1)n1cc(-c2cnnc3[nH]ccc23)cn1. The van der Waals surface area contributed by atoms with Gasteiger partial charge in [-0.15, -0.1) is 10.2 Å². The number of rotatable bonds is 12. The molecule has 1 N–H and O–H groups in total. The highest BCUT2D eigenvalue weighted by molar-refractivity contribution is 5.93. The summed E-state index contributed by atoms with van der Waals surface area (Å²) in [5, 5.41) is 46.2. The highest BCUT2D eigenvalue weighted by Gasteiger charge is 2.25. The molecule has 0 unspecified atom stereocenters. The maximum Gasteiger partial charge on any atom is 0.312 e. The molecule has 0 bridgehead atoms. The van der Waals surface area contributed by atoms with E-state index in [1.807, 2.05) is 79.4 Å². The Labute approximate surface area is 326 Å². The van der Waals surface area contributed by atoms with E-state index in [1.165, 1.54) is 51.4 Å². The van der Waals surface area contributed by atoms with Crippen molar-refractivity contribution in [1.82, 2.24) is 49.5 Å². The van der Waals surface area contributed by atoms with Gasteiger partial charge in [0.25, 0.3) is 0 Å². The predicted molar refractivity (Wildman–Crippen MR) is 211 cm³/mol. The van der Waals surface area contributed by atoms with Crippen LogP contribution < -0.4 is 0 Å². The number of fused-ring (bicyclic) bond motifs is 2. The van der Waals surface area contributed by atoms with E-state index in [4.69, 9.17) is 4.74 Å². The topological polar surface area (TPSA) is 182 Å². The molecule has 0 amide bonds. The minimum Gasteiger partial charge on any atom is -0.443 e. The molecule has 6 aromatic heterocycles. The van der Waals surface area contributed by atoms with Gasteiger partial charge in [-0.25, -0.2) is 0 Å². The van der Waals surface area contributed by atoms with Gasteiger partial charge in [0.05, 0.1) is 67.3 Å². The van der Waals surface area contributed by atoms with Gasteiger partial charge >= 0.3 is 5.97 Å². The van der Waals surface area contributed by atoms with Crippen molar-refractivity contribution in [2.75, 3.05) is 0 Å². The van der Waals surface area contributed by atoms with Gasteiger partial charge in [0.15, 0.2) is 18.0 Å². The van der Waals surface area contributed by atoms with Crippen LogP contribution in [-0.2, 0) is 16.3 Å². The molecule has 0 aliphatic heterocycles. The molecule has 8 rings (SSSR count). The van der Waals surface area contributed by atoms with E-state index < -0.39 is 5.41 Å². The number of carbonyl (C=O) groups is 1. The van der Waals surface area contributed by atoms with Gasteiger partial charge < -0.3 is 9.72 Å². The summed E-state index contributed by atoms with van der Waals surface area (Å²) in [5.41, 5.74) is 4.75. The normalized spacial score (nSPS) is 16.0. The second kappa shape index (κ2) is 17.3. The third-order valence-corrected chi connectivity index (χ3v) is 11.3. The number of hydrogen-bond acceptors (Lipinski definition) is 10. The van der Waals surface area contributed by atoms with Gasteiger partial charge in [-0.2, -0.15) is 30.9 Å². The fourth-order valence-corrected chi connectivity index (χ4v) is 8.18. The Morgan fingerprint density at radius 1 is 0.821 bits per heavy atom. The summed E-state index contributed by atoms with van der Waals surface area (Å²) in [7, 11) is 0. The van der Waals surface area contributed by atoms with E-state index in [1.54, 1.807) is 17.0 Å². The van der Waals surface area contributed by atoms with E-state index in [0.29, 0.717) is 24.4 Å². The molecule has 2 fully saturated rings. The molecule has 6 aromatic rings. The Morgan fingerprint density at radius 3 is 1.93 bits per heavy atom. The number of aromatic nitrogens is 10. The van der Waals surface area contributed by atoms with Crippen molar-refractivity contribution in [3.05, 3.63) is 61.7 Å². The van der Waals surface area contributed by atoms with Crippen LogP contribution in [0.25, 0.3) is 44.3 Å². The molecule has 0 spiro atoms. The highest BCUT2D eigenvalue weighted by Crippen LogP contribution is 2.36. The van der Waals surface area contributed by atoms with Gasteiger partial charge in [0.2, 0.25) is 0 Å². The summed E-state index contributed by atoms with van der Waals surface area (Å²) in [6, 6.07) is 8.85. The van der Waals surface area contributed by atoms with Crippen molar-refractivity contribution in [2.45, 2.75) is 117 Å². The fourth-order valence-electron chi connectivity index (χ4n) is 8.18. The summed E-state index contributed by atoms with van der Waals surface area (Å²) in [5.74, 6) is 1.14. The Balaban J connectivity index is 0.000000178. The zero-order valence-electron chi connectivity index (χ0n) is 32.5. The Kier molecular flexibility index (Phi) is 11.8. The highest BCUT2D eigenvalue weighted by atomic mass is 16.5. The summed E-state index contributed by atoms with van der Waals surface area (Å²) >= 11 is 0. The third kappa shape index (κ3) is 8.81. The van der Waals surface area contributed by atoms with Gasteiger partial charge in [0.1, 0.15) is 0 Å². The van der Waals surface area contributed by atoms with E-state index >= 15 is 0 Å². The van der Waals surface area contributed by atoms with Crippen molar-refractivity contribution < 1.29 is 9.53 Å². The number of nitriles is 2. The first kappa shape index (κ1) is 38.4. The maximum atomic E-state index is 12.1. The van der Waals surface area contributed by atoms with Crippen LogP contribution >= 0.6 is 0 Å². The molecule has 290 valence electrons. The van der Waals surface area contributed by atoms with Crippen LogP contribution in [-0.4, -0.2) is 55.5 Å². The summed E-state index contributed by atoms with van der Waals surface area (Å²) in [6.07, 6.45) is 28.2. The number of esters is 1. The molecule has 0 aromatic carbocycles. The standard InChI is InChI=1S/C24H30N6O2.C18H20N6/c1-24(2,3)23(31)32-16-29-11-9-20-21(14-26-28-22(20)29)18-13-27-30(15-18)19(8-10-25)12-17-6-4-5-7-17;19-7-5-15(9-13-3-1-2-4-13)24-12-14(10-22-24)17-11-21-23-18-16(17)6-8-20-18/h9,11,13-15,17,19H,4-8,12,16H2,1-3H3;6,8,10-13,15H,1-5,9H2,(H,20,23)/t19-;15-/m11/s1. The number of nitrogens with zero attached hydrogens (tertiary/aromatic N) is 11. The lowest BCUT2D eigenvalue weighted by Gasteiger charge is -2.18. The summed E-state index contributed by atoms with van der Waals surface area (Å²) in [4.78, 5) is 15.2. The predicted octanol–water partition coefficient (Wildman–Crippen LogP) is 8.73. The van der Waals surface area contributed by atoms with Gasteiger partial charge in [-0.1, -0.05) is 51.4 Å². The van der Waals surface area contributed by atoms with Crippen LogP contribution in [0, 0.1) is 39.9 Å². The smallest absolute Gasteiger partial charge is 0.312 e. The van der Waals surface area contributed by atoms with Gasteiger partial charge in [-0.3, -0.25) is 18.7 Å². The lowest BCUT2D eigenvalue weighted by molar-refractivity contribution is -0.156. The largest absolute Gasteiger partial charge is 0.443 e. The number of nitrogens with one attached hydrogen (secondary N) is 1. The molecule has 14 heteroatoms. The van der Waals surface area contributed by atoms with Crippen LogP contribution in [0.5, 0.6) is 0 Å². The van der Waals surface area contributed by atoms with Crippen LogP contribution in [0.2, 0.25) is 0 Å². The van der Waals surface area contributed by atoms with Gasteiger partial charge in [-0.05, 0) is 57.6 Å². The molecular formula is C42H50N12O2. The first-order chi connectivity index (χ1) is 27.2. The van der Waals surface area contributed by atoms with Crippen molar-refractivity contribution in [2.24, 2.45) is 17.3 Å². The Bertz CT molecular complexity index is 2320. The monoisotopic (exact) mass is 754 g/mol. The van der Waals surface area contributed by atoms with Crippen molar-refractivity contribution >= 4 is 28.0 Å². The van der Waals surface area contributed by atoms with Crippen LogP contribution in [0.4, 0.5) is 0 Å². The number of carbonyl (C=O) groups excluding carboxylic acids is 1. The Morgan fingerprint density at radius 2 is 1.38 bits per heavy atom. The fraction of sp³-hybridized carbons (Fsp3) is 0.500. The number of hydrogen-bond donors (Lipinski definition) is 1. The second-order valence-corrected chi connectivity index (χ2v) is 16.3. The van der Waals surface area contributed by atoms with Crippen LogP contribution in [0.3, 0.4) is 0 Å². The third-order valence-electron chi connectivity index (χ3n) is 11.3. The number of H-pyrrole nitrogens is 1. The lowest BCUT2D eigenvalue weighted by atomic mass is 9.97. The summed E-state index contributed by atoms with van der Waals surface area (Å²) < 4.78 is 11.1. The average molecular weight is 755 g/mol. The van der Waals surface area contributed by atoms with E-state index in [9.17, 15) is 15.3 Å². The zero-order valence-corrected chi connectivity index (χ0v) is 32.5. The molecule has 2 saturated carbocycles. The molecule has 2 aliphatic rings. The first-order valence-corrected chi connectivity index (χ1v) is 19.8. The van der Waals surface area contributed by atoms with Crippen molar-refractivity contribution in [3.63, 3.8) is 0 Å². The molecular weight excluding hydrogens is 705 g/mol.